The number of hydrogen-bond donors (Lipinski definition) is 2. The average Bonchev–Trinajstić information content (AvgIpc) is 3.39. The van der Waals surface area contributed by atoms with E-state index in [0.29, 0.717) is 17.5 Å². The first-order chi connectivity index (χ1) is 13.6. The molecule has 0 aromatic carbocycles. The molecule has 1 aliphatic rings. The van der Waals surface area contributed by atoms with Crippen molar-refractivity contribution in [1.82, 2.24) is 34.6 Å². The summed E-state index contributed by atoms with van der Waals surface area (Å²) in [6, 6.07) is 2.12. The number of aromatic nitrogens is 6. The summed E-state index contributed by atoms with van der Waals surface area (Å²) >= 11 is 0. The molecular weight excluding hydrogens is 354 g/mol. The molecule has 0 bridgehead atoms. The van der Waals surface area contributed by atoms with E-state index in [1.54, 1.807) is 12.4 Å². The number of aryl methyl sites for hydroxylation is 1. The van der Waals surface area contributed by atoms with Crippen LogP contribution in [0.4, 0.5) is 0 Å². The van der Waals surface area contributed by atoms with E-state index in [1.807, 2.05) is 25.4 Å². The lowest BCUT2D eigenvalue weighted by Gasteiger charge is -2.15. The topological polar surface area (TPSA) is 101 Å². The van der Waals surface area contributed by atoms with Gasteiger partial charge in [0.2, 0.25) is 0 Å². The molecule has 3 atom stereocenters. The van der Waals surface area contributed by atoms with Crippen LogP contribution >= 0.6 is 0 Å². The van der Waals surface area contributed by atoms with Gasteiger partial charge in [0.15, 0.2) is 11.3 Å². The minimum Gasteiger partial charge on any atom is -0.348 e. The second kappa shape index (κ2) is 6.40. The van der Waals surface area contributed by atoms with E-state index in [1.165, 1.54) is 11.9 Å². The van der Waals surface area contributed by atoms with Crippen LogP contribution in [-0.4, -0.2) is 41.3 Å². The summed E-state index contributed by atoms with van der Waals surface area (Å²) in [7, 11) is 0. The number of carbonyl (C=O) groups excluding carboxylic acids is 1. The third-order valence-corrected chi connectivity index (χ3v) is 5.68. The minimum absolute atomic E-state index is 0.102. The normalized spacial score (nSPS) is 22.1. The molecule has 0 unspecified atom stereocenters. The lowest BCUT2D eigenvalue weighted by molar-refractivity contribution is 0.0931. The van der Waals surface area contributed by atoms with Gasteiger partial charge >= 0.3 is 0 Å². The van der Waals surface area contributed by atoms with Crippen molar-refractivity contribution in [2.24, 2.45) is 5.92 Å². The molecule has 5 rings (SSSR count). The quantitative estimate of drug-likeness (QED) is 0.573. The van der Waals surface area contributed by atoms with Crippen LogP contribution in [0.1, 0.15) is 47.6 Å². The lowest BCUT2D eigenvalue weighted by Crippen LogP contribution is -2.33. The fraction of sp³-hybridized carbons (Fsp3) is 0.350. The molecule has 0 radical (unpaired) electrons. The van der Waals surface area contributed by atoms with Gasteiger partial charge in [-0.1, -0.05) is 6.92 Å². The summed E-state index contributed by atoms with van der Waals surface area (Å²) in [5.41, 5.74) is 5.04. The van der Waals surface area contributed by atoms with Gasteiger partial charge in [0.25, 0.3) is 5.91 Å². The van der Waals surface area contributed by atoms with Gasteiger partial charge in [0.1, 0.15) is 5.69 Å². The summed E-state index contributed by atoms with van der Waals surface area (Å²) in [6.07, 6.45) is 10.6. The number of H-pyrrole nitrogens is 1. The van der Waals surface area contributed by atoms with Gasteiger partial charge < -0.3 is 10.3 Å². The zero-order valence-corrected chi connectivity index (χ0v) is 15.8. The second-order valence-corrected chi connectivity index (χ2v) is 7.61. The zero-order chi connectivity index (χ0) is 19.3. The molecular formula is C20H21N7O. The van der Waals surface area contributed by atoms with Crippen molar-refractivity contribution in [3.05, 3.63) is 54.1 Å². The Bertz CT molecular complexity index is 1160. The molecule has 0 aliphatic heterocycles. The van der Waals surface area contributed by atoms with Crippen LogP contribution in [0.5, 0.6) is 0 Å². The number of fused-ring (bicyclic) bond motifs is 3. The molecule has 1 aliphatic carbocycles. The summed E-state index contributed by atoms with van der Waals surface area (Å²) in [6.45, 7) is 4.09. The molecule has 4 aromatic heterocycles. The molecule has 4 aromatic rings. The van der Waals surface area contributed by atoms with Crippen molar-refractivity contribution in [2.45, 2.75) is 38.6 Å². The Morgan fingerprint density at radius 3 is 2.86 bits per heavy atom. The van der Waals surface area contributed by atoms with Gasteiger partial charge in [-0.15, -0.1) is 0 Å². The van der Waals surface area contributed by atoms with E-state index in [0.717, 1.165) is 35.3 Å². The molecule has 8 nitrogen and oxygen atoms in total. The summed E-state index contributed by atoms with van der Waals surface area (Å²) in [5, 5.41) is 3.13. The number of nitrogens with one attached hydrogen (secondary N) is 2. The molecule has 2 N–H and O–H groups in total. The number of nitrogens with zero attached hydrogens (tertiary/aromatic N) is 5. The van der Waals surface area contributed by atoms with E-state index in [-0.39, 0.29) is 11.9 Å². The maximum absolute atomic E-state index is 12.5. The smallest absolute Gasteiger partial charge is 0.271 e. The highest BCUT2D eigenvalue weighted by atomic mass is 16.1. The van der Waals surface area contributed by atoms with E-state index in [4.69, 9.17) is 0 Å². The summed E-state index contributed by atoms with van der Waals surface area (Å²) < 4.78 is 2.18. The Kier molecular flexibility index (Phi) is 3.85. The number of aromatic amines is 1. The lowest BCUT2D eigenvalue weighted by atomic mass is 9.95. The molecule has 1 amide bonds. The van der Waals surface area contributed by atoms with Gasteiger partial charge in [-0.2, -0.15) is 0 Å². The zero-order valence-electron chi connectivity index (χ0n) is 15.8. The van der Waals surface area contributed by atoms with E-state index in [9.17, 15) is 4.79 Å². The third-order valence-electron chi connectivity index (χ3n) is 5.68. The predicted octanol–water partition coefficient (Wildman–Crippen LogP) is 2.62. The number of imidazole rings is 1. The molecule has 28 heavy (non-hydrogen) atoms. The third kappa shape index (κ3) is 2.72. The first kappa shape index (κ1) is 16.9. The Morgan fingerprint density at radius 1 is 1.14 bits per heavy atom. The summed E-state index contributed by atoms with van der Waals surface area (Å²) in [4.78, 5) is 33.0. The maximum atomic E-state index is 12.5. The SMILES string of the molecule is Cc1cnc(C(=O)N[C@H]2C[C@@H](C)[C@@H](c3cnc4cnc5[nH]ccc5n34)C2)cn1. The maximum Gasteiger partial charge on any atom is 0.271 e. The highest BCUT2D eigenvalue weighted by Crippen LogP contribution is 2.40. The van der Waals surface area contributed by atoms with E-state index in [2.05, 4.69) is 41.6 Å². The average molecular weight is 375 g/mol. The van der Waals surface area contributed by atoms with Crippen LogP contribution in [0.2, 0.25) is 0 Å². The Morgan fingerprint density at radius 2 is 2.04 bits per heavy atom. The number of rotatable bonds is 3. The number of hydrogen-bond acceptors (Lipinski definition) is 5. The molecule has 8 heteroatoms. The van der Waals surface area contributed by atoms with Gasteiger partial charge in [-0.05, 0) is 31.7 Å². The Hall–Kier alpha value is -3.29. The van der Waals surface area contributed by atoms with E-state index < -0.39 is 0 Å². The van der Waals surface area contributed by atoms with Gasteiger partial charge in [0.05, 0.1) is 23.6 Å². The Balaban J connectivity index is 1.40. The van der Waals surface area contributed by atoms with Crippen molar-refractivity contribution in [1.29, 1.82) is 0 Å². The Labute approximate surface area is 161 Å². The molecule has 1 fully saturated rings. The van der Waals surface area contributed by atoms with Crippen LogP contribution in [-0.2, 0) is 0 Å². The number of carbonyl (C=O) groups is 1. The molecule has 4 heterocycles. The molecule has 0 spiro atoms. The molecule has 0 saturated heterocycles. The summed E-state index contributed by atoms with van der Waals surface area (Å²) in [5.74, 6) is 0.571. The largest absolute Gasteiger partial charge is 0.348 e. The van der Waals surface area contributed by atoms with Crippen molar-refractivity contribution in [2.75, 3.05) is 0 Å². The van der Waals surface area contributed by atoms with Crippen LogP contribution < -0.4 is 5.32 Å². The highest BCUT2D eigenvalue weighted by Gasteiger charge is 2.35. The first-order valence-electron chi connectivity index (χ1n) is 9.49. The van der Waals surface area contributed by atoms with Crippen LogP contribution in [0.15, 0.2) is 37.1 Å². The standard InChI is InChI=1S/C20H21N7O/c1-11-5-13(26-20(28)15-8-22-12(2)7-23-15)6-14(11)17-9-24-18-10-25-19-16(27(17)18)3-4-21-19/h3-4,7-11,13-14,21H,5-6H2,1-2H3,(H,26,28)/t11-,13+,14+/m1/s1. The monoisotopic (exact) mass is 375 g/mol. The van der Waals surface area contributed by atoms with E-state index >= 15 is 0 Å². The number of amides is 1. The van der Waals surface area contributed by atoms with Crippen molar-refractivity contribution < 1.29 is 4.79 Å². The second-order valence-electron chi connectivity index (χ2n) is 7.61. The fourth-order valence-electron chi connectivity index (χ4n) is 4.30. The molecule has 1 saturated carbocycles. The van der Waals surface area contributed by atoms with Gasteiger partial charge in [-0.3, -0.25) is 14.2 Å². The van der Waals surface area contributed by atoms with Crippen LogP contribution in [0.25, 0.3) is 16.8 Å². The van der Waals surface area contributed by atoms with Crippen LogP contribution in [0, 0.1) is 12.8 Å². The fourth-order valence-corrected chi connectivity index (χ4v) is 4.30. The van der Waals surface area contributed by atoms with Crippen LogP contribution in [0.3, 0.4) is 0 Å². The van der Waals surface area contributed by atoms with Crippen molar-refractivity contribution in [3.8, 4) is 0 Å². The predicted molar refractivity (Wildman–Crippen MR) is 104 cm³/mol. The van der Waals surface area contributed by atoms with Crippen molar-refractivity contribution >= 4 is 22.7 Å². The van der Waals surface area contributed by atoms with Gasteiger partial charge in [0, 0.05) is 36.2 Å². The first-order valence-corrected chi connectivity index (χ1v) is 9.49. The van der Waals surface area contributed by atoms with Gasteiger partial charge in [-0.25, -0.2) is 15.0 Å². The highest BCUT2D eigenvalue weighted by molar-refractivity contribution is 5.92. The minimum atomic E-state index is -0.166. The van der Waals surface area contributed by atoms with Crippen molar-refractivity contribution in [3.63, 3.8) is 0 Å². The molecule has 142 valence electrons.